The molecule has 1 heterocycles. The van der Waals surface area contributed by atoms with E-state index >= 15 is 0 Å². The Morgan fingerprint density at radius 2 is 2.45 bits per heavy atom. The lowest BCUT2D eigenvalue weighted by Gasteiger charge is -2.34. The summed E-state index contributed by atoms with van der Waals surface area (Å²) in [6, 6.07) is 0. The quantitative estimate of drug-likeness (QED) is 0.601. The van der Waals surface area contributed by atoms with E-state index in [2.05, 4.69) is 25.3 Å². The van der Waals surface area contributed by atoms with Gasteiger partial charge < -0.3 is 9.64 Å². The fourth-order valence-corrected chi connectivity index (χ4v) is 1.31. The van der Waals surface area contributed by atoms with Crippen LogP contribution in [0.5, 0.6) is 0 Å². The van der Waals surface area contributed by atoms with Crippen LogP contribution in [0.25, 0.3) is 0 Å². The van der Waals surface area contributed by atoms with Crippen molar-refractivity contribution in [1.29, 1.82) is 0 Å². The van der Waals surface area contributed by atoms with E-state index < -0.39 is 0 Å². The van der Waals surface area contributed by atoms with Crippen LogP contribution >= 0.6 is 0 Å². The number of ether oxygens (including phenoxy) is 1. The second kappa shape index (κ2) is 3.77. The normalized spacial score (nSPS) is 25.3. The van der Waals surface area contributed by atoms with Gasteiger partial charge in [-0.15, -0.1) is 0 Å². The molecular formula is C9H17NO. The van der Waals surface area contributed by atoms with Crippen molar-refractivity contribution < 1.29 is 4.74 Å². The van der Waals surface area contributed by atoms with Crippen LogP contribution in [0.1, 0.15) is 20.3 Å². The number of rotatable bonds is 2. The van der Waals surface area contributed by atoms with Gasteiger partial charge in [0.25, 0.3) is 0 Å². The summed E-state index contributed by atoms with van der Waals surface area (Å²) in [5.41, 5.74) is 1.16. The van der Waals surface area contributed by atoms with Crippen LogP contribution < -0.4 is 0 Å². The van der Waals surface area contributed by atoms with Gasteiger partial charge in [-0.05, 0) is 13.3 Å². The van der Waals surface area contributed by atoms with Gasteiger partial charge in [0.1, 0.15) is 0 Å². The van der Waals surface area contributed by atoms with Crippen molar-refractivity contribution in [1.82, 2.24) is 4.90 Å². The highest BCUT2D eigenvalue weighted by Crippen LogP contribution is 2.11. The predicted molar refractivity (Wildman–Crippen MR) is 46.4 cm³/mol. The molecule has 1 rings (SSSR count). The van der Waals surface area contributed by atoms with Crippen LogP contribution in [0, 0.1) is 0 Å². The molecule has 1 aliphatic heterocycles. The molecule has 0 spiro atoms. The Labute approximate surface area is 68.8 Å². The van der Waals surface area contributed by atoms with Crippen molar-refractivity contribution >= 4 is 0 Å². The minimum absolute atomic E-state index is 0.417. The predicted octanol–water partition coefficient (Wildman–Crippen LogP) is 1.63. The summed E-state index contributed by atoms with van der Waals surface area (Å²) in [5, 5.41) is 0. The van der Waals surface area contributed by atoms with E-state index in [0.717, 1.165) is 31.8 Å². The van der Waals surface area contributed by atoms with Crippen molar-refractivity contribution in [3.05, 3.63) is 12.3 Å². The Balaban J connectivity index is 2.39. The Morgan fingerprint density at radius 1 is 1.73 bits per heavy atom. The van der Waals surface area contributed by atoms with Gasteiger partial charge in [-0.2, -0.15) is 0 Å². The summed E-state index contributed by atoms with van der Waals surface area (Å²) < 4.78 is 5.52. The second-order valence-corrected chi connectivity index (χ2v) is 3.08. The molecule has 1 unspecified atom stereocenters. The molecule has 1 saturated heterocycles. The maximum atomic E-state index is 5.52. The standard InChI is InChI=1S/C9H17NO/c1-4-9-7-10(8(2)3)5-6-11-9/h9H,2,4-7H2,1,3H3. The molecule has 64 valence electrons. The first-order chi connectivity index (χ1) is 5.24. The van der Waals surface area contributed by atoms with Crippen LogP contribution in [0.2, 0.25) is 0 Å². The lowest BCUT2D eigenvalue weighted by Crippen LogP contribution is -2.40. The zero-order valence-electron chi connectivity index (χ0n) is 7.47. The molecule has 1 aliphatic rings. The summed E-state index contributed by atoms with van der Waals surface area (Å²) in [4.78, 5) is 2.29. The van der Waals surface area contributed by atoms with Crippen molar-refractivity contribution in [2.24, 2.45) is 0 Å². The molecule has 0 aliphatic carbocycles. The maximum Gasteiger partial charge on any atom is 0.0748 e. The van der Waals surface area contributed by atoms with Gasteiger partial charge in [0, 0.05) is 18.8 Å². The van der Waals surface area contributed by atoms with E-state index in [1.165, 1.54) is 0 Å². The first-order valence-electron chi connectivity index (χ1n) is 4.26. The van der Waals surface area contributed by atoms with Gasteiger partial charge in [0.15, 0.2) is 0 Å². The largest absolute Gasteiger partial charge is 0.375 e. The minimum Gasteiger partial charge on any atom is -0.375 e. The summed E-state index contributed by atoms with van der Waals surface area (Å²) in [6.07, 6.45) is 1.52. The average molecular weight is 155 g/mol. The van der Waals surface area contributed by atoms with E-state index in [9.17, 15) is 0 Å². The molecule has 0 amide bonds. The topological polar surface area (TPSA) is 12.5 Å². The summed E-state index contributed by atoms with van der Waals surface area (Å²) in [6.45, 7) is 11.0. The highest BCUT2D eigenvalue weighted by Gasteiger charge is 2.17. The van der Waals surface area contributed by atoms with Gasteiger partial charge in [0.05, 0.1) is 12.7 Å². The van der Waals surface area contributed by atoms with Gasteiger partial charge in [-0.1, -0.05) is 13.5 Å². The maximum absolute atomic E-state index is 5.52. The van der Waals surface area contributed by atoms with E-state index in [4.69, 9.17) is 4.74 Å². The number of allylic oxidation sites excluding steroid dienone is 1. The third kappa shape index (κ3) is 2.22. The van der Waals surface area contributed by atoms with Crippen LogP contribution in [0.3, 0.4) is 0 Å². The number of morpholine rings is 1. The first-order valence-corrected chi connectivity index (χ1v) is 4.26. The molecule has 0 radical (unpaired) electrons. The van der Waals surface area contributed by atoms with E-state index in [-0.39, 0.29) is 0 Å². The molecule has 0 bridgehead atoms. The minimum atomic E-state index is 0.417. The van der Waals surface area contributed by atoms with Gasteiger partial charge >= 0.3 is 0 Å². The molecule has 1 atom stereocenters. The highest BCUT2D eigenvalue weighted by molar-refractivity contribution is 4.91. The Hall–Kier alpha value is -0.500. The summed E-state index contributed by atoms with van der Waals surface area (Å²) in [7, 11) is 0. The van der Waals surface area contributed by atoms with Crippen LogP contribution in [0.4, 0.5) is 0 Å². The Morgan fingerprint density at radius 3 is 3.00 bits per heavy atom. The molecule has 0 aromatic carbocycles. The van der Waals surface area contributed by atoms with E-state index in [0.29, 0.717) is 6.10 Å². The van der Waals surface area contributed by atoms with Crippen molar-refractivity contribution in [3.63, 3.8) is 0 Å². The fraction of sp³-hybridized carbons (Fsp3) is 0.778. The molecule has 0 aromatic heterocycles. The van der Waals surface area contributed by atoms with Crippen LogP contribution in [-0.4, -0.2) is 30.7 Å². The van der Waals surface area contributed by atoms with Crippen LogP contribution in [-0.2, 0) is 4.74 Å². The molecule has 2 nitrogen and oxygen atoms in total. The molecule has 0 N–H and O–H groups in total. The van der Waals surface area contributed by atoms with Crippen molar-refractivity contribution in [2.75, 3.05) is 19.7 Å². The zero-order valence-corrected chi connectivity index (χ0v) is 7.47. The van der Waals surface area contributed by atoms with Gasteiger partial charge in [-0.3, -0.25) is 0 Å². The molecule has 11 heavy (non-hydrogen) atoms. The number of nitrogens with zero attached hydrogens (tertiary/aromatic N) is 1. The van der Waals surface area contributed by atoms with Crippen molar-refractivity contribution in [3.8, 4) is 0 Å². The van der Waals surface area contributed by atoms with E-state index in [1.807, 2.05) is 0 Å². The fourth-order valence-electron chi connectivity index (χ4n) is 1.31. The van der Waals surface area contributed by atoms with Gasteiger partial charge in [0.2, 0.25) is 0 Å². The lowest BCUT2D eigenvalue weighted by atomic mass is 10.2. The highest BCUT2D eigenvalue weighted by atomic mass is 16.5. The third-order valence-electron chi connectivity index (χ3n) is 2.13. The summed E-state index contributed by atoms with van der Waals surface area (Å²) in [5.74, 6) is 0. The smallest absolute Gasteiger partial charge is 0.0748 e. The van der Waals surface area contributed by atoms with E-state index in [1.54, 1.807) is 0 Å². The zero-order chi connectivity index (χ0) is 8.27. The summed E-state index contributed by atoms with van der Waals surface area (Å²) >= 11 is 0. The monoisotopic (exact) mass is 155 g/mol. The van der Waals surface area contributed by atoms with Crippen LogP contribution in [0.15, 0.2) is 12.3 Å². The first kappa shape index (κ1) is 8.60. The van der Waals surface area contributed by atoms with Gasteiger partial charge in [-0.25, -0.2) is 0 Å². The number of hydrogen-bond acceptors (Lipinski definition) is 2. The molecule has 0 saturated carbocycles. The Kier molecular flexibility index (Phi) is 2.94. The second-order valence-electron chi connectivity index (χ2n) is 3.08. The Bertz CT molecular complexity index is 144. The molecule has 0 aromatic rings. The SMILES string of the molecule is C=C(C)N1CCOC(CC)C1. The molecule has 1 fully saturated rings. The average Bonchev–Trinajstić information content (AvgIpc) is 2.05. The van der Waals surface area contributed by atoms with Crippen molar-refractivity contribution in [2.45, 2.75) is 26.4 Å². The number of hydrogen-bond donors (Lipinski definition) is 0. The molecule has 2 heteroatoms. The lowest BCUT2D eigenvalue weighted by molar-refractivity contribution is -0.0177. The third-order valence-corrected chi connectivity index (χ3v) is 2.13. The molecular weight excluding hydrogens is 138 g/mol.